The largest absolute Gasteiger partial charge is 0.495 e. The van der Waals surface area contributed by atoms with Crippen molar-refractivity contribution in [2.45, 2.75) is 71.5 Å². The number of benzene rings is 2. The number of carboxylic acid groups (broad SMARTS) is 1. The Labute approximate surface area is 207 Å². The molecular formula is C28H35ClO5. The molecule has 2 fully saturated rings. The van der Waals surface area contributed by atoms with Crippen LogP contribution in [0.2, 0.25) is 5.02 Å². The number of carbonyl (C=O) groups is 1. The molecule has 184 valence electrons. The van der Waals surface area contributed by atoms with E-state index in [1.807, 2.05) is 13.0 Å². The molecule has 0 atom stereocenters. The highest BCUT2D eigenvalue weighted by Gasteiger charge is 2.40. The standard InChI is InChI=1S/C28H35ClO5/c1-18-14-24(25(29)26(32-3)19(18)2)23-9-8-20(15-21(23)17-34-22-6-4-5-7-22)16-28(27(30)31)10-12-33-13-11-28/h8-9,14-15,22H,4-7,10-13,16-17H2,1-3H3,(H,30,31). The Morgan fingerprint density at radius 1 is 1.15 bits per heavy atom. The first-order valence-corrected chi connectivity index (χ1v) is 12.6. The molecule has 0 aromatic heterocycles. The Kier molecular flexibility index (Phi) is 7.86. The zero-order valence-corrected chi connectivity index (χ0v) is 21.2. The molecular weight excluding hydrogens is 452 g/mol. The summed E-state index contributed by atoms with van der Waals surface area (Å²) in [5.74, 6) is -0.0546. The van der Waals surface area contributed by atoms with Gasteiger partial charge in [-0.15, -0.1) is 0 Å². The van der Waals surface area contributed by atoms with E-state index in [1.165, 1.54) is 12.8 Å². The smallest absolute Gasteiger partial charge is 0.310 e. The van der Waals surface area contributed by atoms with Gasteiger partial charge in [-0.3, -0.25) is 4.79 Å². The number of ether oxygens (including phenoxy) is 3. The molecule has 1 aliphatic heterocycles. The van der Waals surface area contributed by atoms with Gasteiger partial charge in [-0.2, -0.15) is 0 Å². The molecule has 0 spiro atoms. The second-order valence-corrected chi connectivity index (χ2v) is 10.2. The van der Waals surface area contributed by atoms with Gasteiger partial charge in [0.15, 0.2) is 0 Å². The van der Waals surface area contributed by atoms with Crippen molar-refractivity contribution >= 4 is 17.6 Å². The number of aliphatic carboxylic acids is 1. The van der Waals surface area contributed by atoms with Gasteiger partial charge in [0.05, 0.1) is 30.3 Å². The van der Waals surface area contributed by atoms with Crippen molar-refractivity contribution in [1.82, 2.24) is 0 Å². The first kappa shape index (κ1) is 25.0. The summed E-state index contributed by atoms with van der Waals surface area (Å²) in [5.41, 5.74) is 5.30. The summed E-state index contributed by atoms with van der Waals surface area (Å²) in [7, 11) is 1.64. The summed E-state index contributed by atoms with van der Waals surface area (Å²) in [6.45, 7) is 5.52. The predicted octanol–water partition coefficient (Wildman–Crippen LogP) is 6.52. The van der Waals surface area contributed by atoms with Crippen LogP contribution in [-0.4, -0.2) is 37.5 Å². The molecule has 0 bridgehead atoms. The van der Waals surface area contributed by atoms with Crippen LogP contribution >= 0.6 is 11.6 Å². The molecule has 6 heteroatoms. The van der Waals surface area contributed by atoms with E-state index in [2.05, 4.69) is 25.1 Å². The van der Waals surface area contributed by atoms with E-state index < -0.39 is 11.4 Å². The lowest BCUT2D eigenvalue weighted by Gasteiger charge is -2.33. The fraction of sp³-hybridized carbons (Fsp3) is 0.536. The van der Waals surface area contributed by atoms with E-state index in [4.69, 9.17) is 25.8 Å². The van der Waals surface area contributed by atoms with Crippen molar-refractivity contribution in [2.75, 3.05) is 20.3 Å². The molecule has 1 saturated heterocycles. The van der Waals surface area contributed by atoms with Crippen molar-refractivity contribution < 1.29 is 24.1 Å². The molecule has 1 N–H and O–H groups in total. The minimum absolute atomic E-state index is 0.280. The number of hydrogen-bond donors (Lipinski definition) is 1. The SMILES string of the molecule is COc1c(C)c(C)cc(-c2ccc(CC3(C(=O)O)CCOCC3)cc2COC2CCCC2)c1Cl. The number of hydrogen-bond acceptors (Lipinski definition) is 4. The molecule has 0 unspecified atom stereocenters. The highest BCUT2D eigenvalue weighted by molar-refractivity contribution is 6.35. The topological polar surface area (TPSA) is 65.0 Å². The lowest BCUT2D eigenvalue weighted by Crippen LogP contribution is -2.39. The van der Waals surface area contributed by atoms with E-state index in [0.29, 0.717) is 49.9 Å². The van der Waals surface area contributed by atoms with Gasteiger partial charge in [-0.1, -0.05) is 42.6 Å². The maximum atomic E-state index is 12.2. The van der Waals surface area contributed by atoms with Crippen LogP contribution in [-0.2, 0) is 27.3 Å². The summed E-state index contributed by atoms with van der Waals surface area (Å²) >= 11 is 6.82. The van der Waals surface area contributed by atoms with Crippen molar-refractivity contribution in [1.29, 1.82) is 0 Å². The highest BCUT2D eigenvalue weighted by atomic mass is 35.5. The molecule has 5 nitrogen and oxygen atoms in total. The van der Waals surface area contributed by atoms with Crippen molar-refractivity contribution in [3.8, 4) is 16.9 Å². The number of carboxylic acids is 1. The van der Waals surface area contributed by atoms with E-state index in [1.54, 1.807) is 7.11 Å². The number of aryl methyl sites for hydroxylation is 1. The number of methoxy groups -OCH3 is 1. The molecule has 2 aromatic carbocycles. The Morgan fingerprint density at radius 2 is 1.85 bits per heavy atom. The first-order chi connectivity index (χ1) is 16.3. The monoisotopic (exact) mass is 486 g/mol. The average molecular weight is 487 g/mol. The Balaban J connectivity index is 1.73. The molecule has 1 aliphatic carbocycles. The first-order valence-electron chi connectivity index (χ1n) is 12.2. The maximum Gasteiger partial charge on any atom is 0.310 e. The third-order valence-corrected chi connectivity index (χ3v) is 7.99. The van der Waals surface area contributed by atoms with Gasteiger partial charge in [0.2, 0.25) is 0 Å². The summed E-state index contributed by atoms with van der Waals surface area (Å²) in [6.07, 6.45) is 6.41. The number of rotatable bonds is 8. The molecule has 1 saturated carbocycles. The highest BCUT2D eigenvalue weighted by Crippen LogP contribution is 2.42. The summed E-state index contributed by atoms with van der Waals surface area (Å²) in [6, 6.07) is 8.31. The van der Waals surface area contributed by atoms with Crippen LogP contribution in [0.4, 0.5) is 0 Å². The summed E-state index contributed by atoms with van der Waals surface area (Å²) in [5, 5.41) is 10.6. The lowest BCUT2D eigenvalue weighted by atomic mass is 9.75. The van der Waals surface area contributed by atoms with Crippen molar-refractivity contribution in [2.24, 2.45) is 5.41 Å². The van der Waals surface area contributed by atoms with E-state index in [-0.39, 0.29) is 6.10 Å². The van der Waals surface area contributed by atoms with Crippen LogP contribution in [0.25, 0.3) is 11.1 Å². The third kappa shape index (κ3) is 5.12. The van der Waals surface area contributed by atoms with Gasteiger partial charge < -0.3 is 19.3 Å². The van der Waals surface area contributed by atoms with Gasteiger partial charge in [-0.25, -0.2) is 0 Å². The molecule has 2 aliphatic rings. The van der Waals surface area contributed by atoms with E-state index in [0.717, 1.165) is 46.2 Å². The van der Waals surface area contributed by atoms with Crippen LogP contribution < -0.4 is 4.74 Å². The molecule has 34 heavy (non-hydrogen) atoms. The average Bonchev–Trinajstić information content (AvgIpc) is 3.35. The fourth-order valence-corrected chi connectivity index (χ4v) is 5.69. The van der Waals surface area contributed by atoms with Gasteiger partial charge in [0.25, 0.3) is 0 Å². The molecule has 4 rings (SSSR count). The van der Waals surface area contributed by atoms with Crippen LogP contribution in [0.1, 0.15) is 60.8 Å². The molecule has 1 heterocycles. The zero-order valence-electron chi connectivity index (χ0n) is 20.4. The van der Waals surface area contributed by atoms with Gasteiger partial charge in [-0.05, 0) is 79.8 Å². The Hall–Kier alpha value is -2.08. The fourth-order valence-electron chi connectivity index (χ4n) is 5.31. The summed E-state index contributed by atoms with van der Waals surface area (Å²) in [4.78, 5) is 12.2. The molecule has 0 amide bonds. The van der Waals surface area contributed by atoms with Gasteiger partial charge >= 0.3 is 5.97 Å². The van der Waals surface area contributed by atoms with Crippen molar-refractivity contribution in [3.63, 3.8) is 0 Å². The third-order valence-electron chi connectivity index (χ3n) is 7.62. The maximum absolute atomic E-state index is 12.2. The zero-order chi connectivity index (χ0) is 24.3. The normalized spacial score (nSPS) is 18.2. The van der Waals surface area contributed by atoms with Crippen LogP contribution in [0, 0.1) is 19.3 Å². The van der Waals surface area contributed by atoms with Gasteiger partial charge in [0, 0.05) is 18.8 Å². The second-order valence-electron chi connectivity index (χ2n) is 9.80. The van der Waals surface area contributed by atoms with Gasteiger partial charge in [0.1, 0.15) is 5.75 Å². The van der Waals surface area contributed by atoms with Crippen molar-refractivity contribution in [3.05, 3.63) is 51.5 Å². The second kappa shape index (κ2) is 10.7. The molecule has 2 aromatic rings. The summed E-state index contributed by atoms with van der Waals surface area (Å²) < 4.78 is 17.4. The van der Waals surface area contributed by atoms with E-state index in [9.17, 15) is 9.90 Å². The number of halogens is 1. The lowest BCUT2D eigenvalue weighted by molar-refractivity contribution is -0.154. The van der Waals surface area contributed by atoms with Crippen LogP contribution in [0.3, 0.4) is 0 Å². The molecule has 0 radical (unpaired) electrons. The Bertz CT molecular complexity index is 1040. The predicted molar refractivity (Wildman–Crippen MR) is 134 cm³/mol. The van der Waals surface area contributed by atoms with E-state index >= 15 is 0 Å². The van der Waals surface area contributed by atoms with Crippen LogP contribution in [0.5, 0.6) is 5.75 Å². The quantitative estimate of drug-likeness (QED) is 0.460. The minimum Gasteiger partial charge on any atom is -0.495 e. The Morgan fingerprint density at radius 3 is 2.50 bits per heavy atom. The minimum atomic E-state index is -0.787. The van der Waals surface area contributed by atoms with Crippen LogP contribution in [0.15, 0.2) is 24.3 Å².